The fourth-order valence-corrected chi connectivity index (χ4v) is 3.30. The van der Waals surface area contributed by atoms with Gasteiger partial charge in [0.15, 0.2) is 0 Å². The molecule has 34 heavy (non-hydrogen) atoms. The molecule has 0 aromatic heterocycles. The van der Waals surface area contributed by atoms with E-state index < -0.39 is 80.1 Å². The number of alkyl halides is 18. The first-order valence-electron chi connectivity index (χ1n) is 7.43. The smallest absolute Gasteiger partial charge is 0.194 e. The first-order chi connectivity index (χ1) is 14.5. The summed E-state index contributed by atoms with van der Waals surface area (Å²) in [7, 11) is 0. The van der Waals surface area contributed by atoms with Crippen molar-refractivity contribution in [2.24, 2.45) is 0 Å². The second kappa shape index (κ2) is 8.22. The van der Waals surface area contributed by atoms with Crippen molar-refractivity contribution in [3.63, 3.8) is 0 Å². The Bertz CT molecular complexity index is 850. The molecule has 0 radical (unpaired) electrons. The maximum absolute atomic E-state index is 14.0. The van der Waals surface area contributed by atoms with Crippen LogP contribution in [-0.4, -0.2) is 36.0 Å². The Balaban J connectivity index is 3.79. The normalized spacial score (nSPS) is 15.6. The summed E-state index contributed by atoms with van der Waals surface area (Å²) in [6.45, 7) is 0. The maximum atomic E-state index is 14.0. The van der Waals surface area contributed by atoms with Crippen molar-refractivity contribution in [2.45, 2.75) is 47.9 Å². The summed E-state index contributed by atoms with van der Waals surface area (Å²) in [5.41, 5.74) is -5.36. The lowest BCUT2D eigenvalue weighted by Gasteiger charge is -2.36. The van der Waals surface area contributed by atoms with Gasteiger partial charge in [-0.05, 0) is 12.1 Å². The monoisotopic (exact) mass is 670 g/mol. The van der Waals surface area contributed by atoms with Crippen LogP contribution in [0.1, 0.15) is 11.1 Å². The third-order valence-corrected chi connectivity index (χ3v) is 5.33. The highest BCUT2D eigenvalue weighted by atomic mass is 79.9. The van der Waals surface area contributed by atoms with Gasteiger partial charge in [0.05, 0.1) is 0 Å². The van der Waals surface area contributed by atoms with Crippen LogP contribution in [0.15, 0.2) is 21.1 Å². The molecule has 0 bridgehead atoms. The van der Waals surface area contributed by atoms with Crippen LogP contribution in [0, 0.1) is 0 Å². The van der Waals surface area contributed by atoms with Crippen molar-refractivity contribution in [1.82, 2.24) is 0 Å². The Morgan fingerprint density at radius 3 is 0.765 bits per heavy atom. The van der Waals surface area contributed by atoms with Crippen molar-refractivity contribution >= 4 is 31.9 Å². The second-order valence-corrected chi connectivity index (χ2v) is 7.96. The Labute approximate surface area is 191 Å². The first kappa shape index (κ1) is 31.0. The van der Waals surface area contributed by atoms with E-state index in [-0.39, 0.29) is 0 Å². The fraction of sp³-hybridized carbons (Fsp3) is 0.571. The number of hydrogen-bond acceptors (Lipinski definition) is 0. The first-order valence-corrected chi connectivity index (χ1v) is 9.02. The minimum absolute atomic E-state index is 0.866. The molecule has 0 amide bonds. The molecule has 0 saturated carbocycles. The van der Waals surface area contributed by atoms with Gasteiger partial charge in [-0.3, -0.25) is 0 Å². The van der Waals surface area contributed by atoms with E-state index in [9.17, 15) is 79.0 Å². The summed E-state index contributed by atoms with van der Waals surface area (Å²) in [5.74, 6) is -42.8. The van der Waals surface area contributed by atoms with Gasteiger partial charge in [0, 0.05) is 20.1 Å². The highest BCUT2D eigenvalue weighted by Crippen LogP contribution is 2.60. The molecule has 0 heterocycles. The quantitative estimate of drug-likeness (QED) is 0.265. The predicted molar refractivity (Wildman–Crippen MR) is 81.5 cm³/mol. The topological polar surface area (TPSA) is 0 Å². The minimum Gasteiger partial charge on any atom is -0.194 e. The van der Waals surface area contributed by atoms with Crippen LogP contribution in [0.25, 0.3) is 0 Å². The van der Waals surface area contributed by atoms with E-state index in [0.717, 1.165) is 0 Å². The largest absolute Gasteiger partial charge is 0.460 e. The molecule has 0 N–H and O–H groups in total. The highest BCUT2D eigenvalue weighted by molar-refractivity contribution is 9.11. The summed E-state index contributed by atoms with van der Waals surface area (Å²) in [6, 6.07) is -1.73. The summed E-state index contributed by atoms with van der Waals surface area (Å²) in [6.07, 6.45) is -14.6. The third kappa shape index (κ3) is 4.23. The molecule has 198 valence electrons. The van der Waals surface area contributed by atoms with Crippen LogP contribution in [0.5, 0.6) is 0 Å². The van der Waals surface area contributed by atoms with Gasteiger partial charge in [-0.1, -0.05) is 31.9 Å². The molecule has 1 aromatic carbocycles. The van der Waals surface area contributed by atoms with Gasteiger partial charge in [-0.25, -0.2) is 0 Å². The van der Waals surface area contributed by atoms with Crippen molar-refractivity contribution < 1.29 is 79.0 Å². The zero-order chi connectivity index (χ0) is 27.7. The molecule has 0 nitrogen and oxygen atoms in total. The lowest BCUT2D eigenvalue weighted by Crippen LogP contribution is -2.60. The predicted octanol–water partition coefficient (Wildman–Crippen LogP) is 9.06. The van der Waals surface area contributed by atoms with Gasteiger partial charge < -0.3 is 0 Å². The standard InChI is InChI=1S/C14H2Br2F18/c15-5-1-3(7(17,18)9(21,22)11(25,26)13(29,30)31)6(16)2-4(5)8(19,20)10(23,24)12(27,28)14(32,33)34/h1-2H. The van der Waals surface area contributed by atoms with Gasteiger partial charge >= 0.3 is 47.9 Å². The van der Waals surface area contributed by atoms with Gasteiger partial charge in [-0.2, -0.15) is 79.0 Å². The van der Waals surface area contributed by atoms with Crippen LogP contribution >= 0.6 is 31.9 Å². The number of benzene rings is 1. The van der Waals surface area contributed by atoms with Crippen LogP contribution in [0.2, 0.25) is 0 Å². The molecule has 0 unspecified atom stereocenters. The summed E-state index contributed by atoms with van der Waals surface area (Å²) in [4.78, 5) is 0. The van der Waals surface area contributed by atoms with E-state index in [1.807, 2.05) is 0 Å². The van der Waals surface area contributed by atoms with E-state index >= 15 is 0 Å². The molecule has 1 rings (SSSR count). The van der Waals surface area contributed by atoms with E-state index in [4.69, 9.17) is 0 Å². The lowest BCUT2D eigenvalue weighted by atomic mass is 9.92. The molecule has 1 aromatic rings. The average Bonchev–Trinajstić information content (AvgIpc) is 2.60. The SMILES string of the molecule is FC(F)(F)C(F)(F)C(F)(F)C(F)(F)c1cc(Br)c(C(F)(F)C(F)(F)C(F)(F)C(F)(F)F)cc1Br. The molecule has 0 spiro atoms. The molecule has 0 aliphatic carbocycles. The van der Waals surface area contributed by atoms with Crippen molar-refractivity contribution in [3.8, 4) is 0 Å². The number of rotatable bonds is 6. The summed E-state index contributed by atoms with van der Waals surface area (Å²) in [5, 5.41) is 0. The summed E-state index contributed by atoms with van der Waals surface area (Å²) < 4.78 is 231. The molecule has 0 aliphatic rings. The fourth-order valence-electron chi connectivity index (χ4n) is 2.12. The Morgan fingerprint density at radius 1 is 0.382 bits per heavy atom. The Kier molecular flexibility index (Phi) is 7.49. The molecule has 0 atom stereocenters. The van der Waals surface area contributed by atoms with Crippen molar-refractivity contribution in [2.75, 3.05) is 0 Å². The maximum Gasteiger partial charge on any atom is 0.460 e. The van der Waals surface area contributed by atoms with E-state index in [1.165, 1.54) is 0 Å². The van der Waals surface area contributed by atoms with E-state index in [1.54, 1.807) is 31.9 Å². The number of hydrogen-bond donors (Lipinski definition) is 0. The zero-order valence-corrected chi connectivity index (χ0v) is 17.9. The molecule has 0 saturated heterocycles. The van der Waals surface area contributed by atoms with Crippen molar-refractivity contribution in [3.05, 3.63) is 32.2 Å². The van der Waals surface area contributed by atoms with Gasteiger partial charge in [0.25, 0.3) is 0 Å². The molecule has 20 heteroatoms. The van der Waals surface area contributed by atoms with Crippen LogP contribution in [0.3, 0.4) is 0 Å². The second-order valence-electron chi connectivity index (χ2n) is 6.25. The summed E-state index contributed by atoms with van der Waals surface area (Å²) >= 11 is 3.46. The minimum atomic E-state index is -7.46. The van der Waals surface area contributed by atoms with E-state index in [0.29, 0.717) is 0 Å². The lowest BCUT2D eigenvalue weighted by molar-refractivity contribution is -0.400. The van der Waals surface area contributed by atoms with Crippen LogP contribution in [-0.2, 0) is 11.8 Å². The molecular weight excluding hydrogens is 670 g/mol. The molecular formula is C14H2Br2F18. The van der Waals surface area contributed by atoms with Crippen molar-refractivity contribution in [1.29, 1.82) is 0 Å². The average molecular weight is 672 g/mol. The third-order valence-electron chi connectivity index (χ3n) is 4.02. The molecule has 0 aliphatic heterocycles. The van der Waals surface area contributed by atoms with Crippen LogP contribution < -0.4 is 0 Å². The van der Waals surface area contributed by atoms with E-state index in [2.05, 4.69) is 0 Å². The number of halogens is 20. The Morgan fingerprint density at radius 2 is 0.588 bits per heavy atom. The zero-order valence-electron chi connectivity index (χ0n) is 14.7. The Hall–Kier alpha value is -1.08. The van der Waals surface area contributed by atoms with Gasteiger partial charge in [-0.15, -0.1) is 0 Å². The van der Waals surface area contributed by atoms with Gasteiger partial charge in [0.2, 0.25) is 0 Å². The van der Waals surface area contributed by atoms with Gasteiger partial charge in [0.1, 0.15) is 0 Å². The highest BCUT2D eigenvalue weighted by Gasteiger charge is 2.83. The van der Waals surface area contributed by atoms with Crippen LogP contribution in [0.4, 0.5) is 79.0 Å². The molecule has 0 fully saturated rings.